The highest BCUT2D eigenvalue weighted by Gasteiger charge is 2.07. The first-order valence-electron chi connectivity index (χ1n) is 7.11. The van der Waals surface area contributed by atoms with Crippen LogP contribution in [-0.4, -0.2) is 22.6 Å². The summed E-state index contributed by atoms with van der Waals surface area (Å²) in [5, 5.41) is 10.3. The Morgan fingerprint density at radius 3 is 2.48 bits per heavy atom. The fourth-order valence-corrected chi connectivity index (χ4v) is 2.14. The number of hydrogen-bond acceptors (Lipinski definition) is 4. The average molecular weight is 311 g/mol. The number of amides is 1. The molecule has 0 aliphatic rings. The normalized spacial score (nSPS) is 10.5. The van der Waals surface area contributed by atoms with Crippen LogP contribution in [0, 0.1) is 5.82 Å². The van der Waals surface area contributed by atoms with Crippen molar-refractivity contribution in [2.24, 2.45) is 0 Å². The number of hydrogen-bond donors (Lipinski definition) is 1. The molecule has 0 aliphatic heterocycles. The van der Waals surface area contributed by atoms with Crippen molar-refractivity contribution in [2.45, 2.75) is 6.42 Å². The van der Waals surface area contributed by atoms with E-state index in [0.29, 0.717) is 24.4 Å². The lowest BCUT2D eigenvalue weighted by molar-refractivity contribution is 0.0954. The van der Waals surface area contributed by atoms with Crippen molar-refractivity contribution in [2.75, 3.05) is 6.54 Å². The molecule has 3 aromatic rings. The van der Waals surface area contributed by atoms with Crippen LogP contribution < -0.4 is 5.32 Å². The fourth-order valence-electron chi connectivity index (χ4n) is 2.14. The van der Waals surface area contributed by atoms with Gasteiger partial charge in [0.2, 0.25) is 12.3 Å². The Bertz CT molecular complexity index is 769. The molecule has 1 aromatic heterocycles. The first kappa shape index (κ1) is 14.9. The zero-order valence-corrected chi connectivity index (χ0v) is 12.2. The van der Waals surface area contributed by atoms with Crippen LogP contribution in [0.2, 0.25) is 0 Å². The van der Waals surface area contributed by atoms with Crippen molar-refractivity contribution in [1.82, 2.24) is 15.5 Å². The van der Waals surface area contributed by atoms with Crippen molar-refractivity contribution >= 4 is 5.91 Å². The second-order valence-corrected chi connectivity index (χ2v) is 4.95. The topological polar surface area (TPSA) is 68.0 Å². The van der Waals surface area contributed by atoms with E-state index in [1.54, 1.807) is 36.4 Å². The van der Waals surface area contributed by atoms with Crippen LogP contribution in [0.5, 0.6) is 0 Å². The highest BCUT2D eigenvalue weighted by molar-refractivity contribution is 5.94. The van der Waals surface area contributed by atoms with E-state index in [1.165, 1.54) is 18.5 Å². The van der Waals surface area contributed by atoms with Gasteiger partial charge in [0.1, 0.15) is 5.82 Å². The monoisotopic (exact) mass is 311 g/mol. The summed E-state index contributed by atoms with van der Waals surface area (Å²) >= 11 is 0. The zero-order chi connectivity index (χ0) is 16.1. The first-order chi connectivity index (χ1) is 11.2. The van der Waals surface area contributed by atoms with E-state index in [0.717, 1.165) is 11.1 Å². The molecule has 3 rings (SSSR count). The third-order valence-electron chi connectivity index (χ3n) is 3.37. The minimum atomic E-state index is -0.265. The molecule has 23 heavy (non-hydrogen) atoms. The number of halogens is 1. The highest BCUT2D eigenvalue weighted by Crippen LogP contribution is 2.16. The Morgan fingerprint density at radius 1 is 1.09 bits per heavy atom. The van der Waals surface area contributed by atoms with Crippen LogP contribution in [-0.2, 0) is 6.42 Å². The summed E-state index contributed by atoms with van der Waals surface area (Å²) in [7, 11) is 0. The van der Waals surface area contributed by atoms with Crippen LogP contribution in [0.4, 0.5) is 4.39 Å². The summed E-state index contributed by atoms with van der Waals surface area (Å²) < 4.78 is 17.9. The average Bonchev–Trinajstić information content (AvgIpc) is 3.11. The zero-order valence-electron chi connectivity index (χ0n) is 12.2. The van der Waals surface area contributed by atoms with Crippen LogP contribution in [0.25, 0.3) is 11.5 Å². The maximum atomic E-state index is 12.8. The van der Waals surface area contributed by atoms with Gasteiger partial charge in [0, 0.05) is 17.7 Å². The second-order valence-electron chi connectivity index (χ2n) is 4.95. The number of benzene rings is 2. The quantitative estimate of drug-likeness (QED) is 0.786. The third kappa shape index (κ3) is 3.79. The maximum absolute atomic E-state index is 12.8. The molecular formula is C17H14FN3O2. The van der Waals surface area contributed by atoms with Gasteiger partial charge < -0.3 is 9.73 Å². The molecule has 1 N–H and O–H groups in total. The van der Waals surface area contributed by atoms with Gasteiger partial charge in [-0.1, -0.05) is 12.1 Å². The molecule has 5 nitrogen and oxygen atoms in total. The van der Waals surface area contributed by atoms with Crippen molar-refractivity contribution < 1.29 is 13.6 Å². The maximum Gasteiger partial charge on any atom is 0.251 e. The smallest absolute Gasteiger partial charge is 0.251 e. The summed E-state index contributed by atoms with van der Waals surface area (Å²) in [5.41, 5.74) is 2.27. The van der Waals surface area contributed by atoms with Gasteiger partial charge in [0.15, 0.2) is 0 Å². The van der Waals surface area contributed by atoms with Crippen LogP contribution in [0.3, 0.4) is 0 Å². The molecule has 6 heteroatoms. The standard InChI is InChI=1S/C17H14FN3O2/c18-15-7-1-12(2-8-15)9-10-19-16(22)13-3-5-14(6-4-13)17-21-20-11-23-17/h1-8,11H,9-10H2,(H,19,22). The molecule has 0 fully saturated rings. The van der Waals surface area contributed by atoms with Gasteiger partial charge in [-0.3, -0.25) is 4.79 Å². The van der Waals surface area contributed by atoms with E-state index in [1.807, 2.05) is 0 Å². The number of nitrogens with zero attached hydrogens (tertiary/aromatic N) is 2. The molecule has 2 aromatic carbocycles. The van der Waals surface area contributed by atoms with E-state index in [2.05, 4.69) is 15.5 Å². The van der Waals surface area contributed by atoms with Crippen molar-refractivity contribution in [3.63, 3.8) is 0 Å². The van der Waals surface area contributed by atoms with Gasteiger partial charge in [0.05, 0.1) is 0 Å². The number of carbonyl (C=O) groups is 1. The minimum absolute atomic E-state index is 0.163. The molecule has 0 spiro atoms. The summed E-state index contributed by atoms with van der Waals surface area (Å²) in [5.74, 6) is -0.0171. The van der Waals surface area contributed by atoms with Crippen LogP contribution in [0.1, 0.15) is 15.9 Å². The summed E-state index contributed by atoms with van der Waals surface area (Å²) in [6.07, 6.45) is 1.90. The van der Waals surface area contributed by atoms with Crippen LogP contribution in [0.15, 0.2) is 59.3 Å². The lowest BCUT2D eigenvalue weighted by atomic mass is 10.1. The second kappa shape index (κ2) is 6.83. The Kier molecular flexibility index (Phi) is 4.42. The first-order valence-corrected chi connectivity index (χ1v) is 7.11. The van der Waals surface area contributed by atoms with Gasteiger partial charge in [-0.05, 0) is 48.4 Å². The van der Waals surface area contributed by atoms with Gasteiger partial charge >= 0.3 is 0 Å². The molecule has 0 aliphatic carbocycles. The lowest BCUT2D eigenvalue weighted by Gasteiger charge is -2.06. The molecule has 0 saturated carbocycles. The van der Waals surface area contributed by atoms with Crippen molar-refractivity contribution in [1.29, 1.82) is 0 Å². The summed E-state index contributed by atoms with van der Waals surface area (Å²) in [4.78, 5) is 12.1. The summed E-state index contributed by atoms with van der Waals surface area (Å²) in [6.45, 7) is 0.482. The lowest BCUT2D eigenvalue weighted by Crippen LogP contribution is -2.25. The fraction of sp³-hybridized carbons (Fsp3) is 0.118. The molecule has 0 bridgehead atoms. The molecular weight excluding hydrogens is 297 g/mol. The van der Waals surface area contributed by atoms with Gasteiger partial charge in [-0.2, -0.15) is 0 Å². The Labute approximate surface area is 132 Å². The highest BCUT2D eigenvalue weighted by atomic mass is 19.1. The van der Waals surface area contributed by atoms with E-state index < -0.39 is 0 Å². The number of nitrogens with one attached hydrogen (secondary N) is 1. The number of aromatic nitrogens is 2. The molecule has 1 heterocycles. The van der Waals surface area contributed by atoms with E-state index in [9.17, 15) is 9.18 Å². The van der Waals surface area contributed by atoms with Crippen LogP contribution >= 0.6 is 0 Å². The molecule has 1 amide bonds. The number of carbonyl (C=O) groups excluding carboxylic acids is 1. The number of rotatable bonds is 5. The third-order valence-corrected chi connectivity index (χ3v) is 3.37. The largest absolute Gasteiger partial charge is 0.423 e. The van der Waals surface area contributed by atoms with Gasteiger partial charge in [0.25, 0.3) is 5.91 Å². The minimum Gasteiger partial charge on any atom is -0.423 e. The van der Waals surface area contributed by atoms with Crippen molar-refractivity contribution in [3.05, 3.63) is 71.9 Å². The SMILES string of the molecule is O=C(NCCc1ccc(F)cc1)c1ccc(-c2nnco2)cc1. The van der Waals surface area contributed by atoms with E-state index >= 15 is 0 Å². The Balaban J connectivity index is 1.55. The molecule has 0 radical (unpaired) electrons. The summed E-state index contributed by atoms with van der Waals surface area (Å²) in [6, 6.07) is 13.1. The molecule has 0 atom stereocenters. The Morgan fingerprint density at radius 2 is 1.83 bits per heavy atom. The van der Waals surface area contributed by atoms with E-state index in [4.69, 9.17) is 4.42 Å². The Hall–Kier alpha value is -3.02. The predicted octanol–water partition coefficient (Wildman–Crippen LogP) is 2.85. The molecule has 0 saturated heterocycles. The van der Waals surface area contributed by atoms with E-state index in [-0.39, 0.29) is 11.7 Å². The molecule has 116 valence electrons. The predicted molar refractivity (Wildman–Crippen MR) is 82.2 cm³/mol. The molecule has 0 unspecified atom stereocenters. The van der Waals surface area contributed by atoms with Crippen molar-refractivity contribution in [3.8, 4) is 11.5 Å². The van der Waals surface area contributed by atoms with Gasteiger partial charge in [-0.15, -0.1) is 10.2 Å². The van der Waals surface area contributed by atoms with Gasteiger partial charge in [-0.25, -0.2) is 4.39 Å².